The van der Waals surface area contributed by atoms with Crippen molar-refractivity contribution < 1.29 is 27.8 Å². The molecule has 0 unspecified atom stereocenters. The highest BCUT2D eigenvalue weighted by Crippen LogP contribution is 2.32. The van der Waals surface area contributed by atoms with Gasteiger partial charge in [-0.25, -0.2) is 0 Å². The second-order valence-corrected chi connectivity index (χ2v) is 11.8. The molecule has 1 aromatic heterocycles. The van der Waals surface area contributed by atoms with Crippen LogP contribution in [0.2, 0.25) is 5.02 Å². The summed E-state index contributed by atoms with van der Waals surface area (Å²) in [5, 5.41) is 18.7. The normalized spacial score (nSPS) is 14.2. The number of rotatable bonds is 11. The van der Waals surface area contributed by atoms with E-state index < -0.39 is 17.7 Å². The number of benzene rings is 3. The molecule has 3 aromatic carbocycles. The molecule has 232 valence electrons. The molecule has 1 aliphatic heterocycles. The lowest BCUT2D eigenvalue weighted by atomic mass is 10.1. The van der Waals surface area contributed by atoms with Crippen molar-refractivity contribution in [3.05, 3.63) is 94.3 Å². The first-order chi connectivity index (χ1) is 21.0. The molecule has 13 heteroatoms. The Morgan fingerprint density at radius 3 is 2.32 bits per heavy atom. The Labute approximate surface area is 262 Å². The lowest BCUT2D eigenvalue weighted by Gasteiger charge is -2.36. The standard InChI is InChI=1S/C31H31ClF3N5O3S/c1-21-28(37-40(36-21)26-6-2-23(3-7-26)31(33,34)35)20-44-27-10-11-29(43-17-12-30(41)42)22(18-27)19-38-13-15-39(16-14-38)25-8-4-24(32)5-9-25/h2-11,18H,12-17,19-20H2,1H3,(H,41,42). The zero-order valence-corrected chi connectivity index (χ0v) is 25.5. The fourth-order valence-corrected chi connectivity index (χ4v) is 5.89. The summed E-state index contributed by atoms with van der Waals surface area (Å²) in [5.41, 5.74) is 3.22. The van der Waals surface area contributed by atoms with Crippen LogP contribution in [0.15, 0.2) is 71.6 Å². The lowest BCUT2D eigenvalue weighted by Crippen LogP contribution is -2.46. The number of carbonyl (C=O) groups is 1. The van der Waals surface area contributed by atoms with Crippen molar-refractivity contribution >= 4 is 35.0 Å². The van der Waals surface area contributed by atoms with Gasteiger partial charge in [0, 0.05) is 59.6 Å². The van der Waals surface area contributed by atoms with Gasteiger partial charge in [-0.3, -0.25) is 9.69 Å². The van der Waals surface area contributed by atoms with Gasteiger partial charge in [0.15, 0.2) is 0 Å². The van der Waals surface area contributed by atoms with Gasteiger partial charge in [-0.15, -0.1) is 11.8 Å². The number of thioether (sulfide) groups is 1. The number of aromatic nitrogens is 3. The van der Waals surface area contributed by atoms with Crippen molar-refractivity contribution in [3.63, 3.8) is 0 Å². The number of ether oxygens (including phenoxy) is 1. The molecule has 8 nitrogen and oxygen atoms in total. The SMILES string of the molecule is Cc1nn(-c2ccc(C(F)(F)F)cc2)nc1CSc1ccc(OCCC(=O)O)c(CN2CCN(c3ccc(Cl)cc3)CC2)c1. The monoisotopic (exact) mass is 645 g/mol. The van der Waals surface area contributed by atoms with Gasteiger partial charge in [0.05, 0.1) is 35.7 Å². The molecule has 44 heavy (non-hydrogen) atoms. The summed E-state index contributed by atoms with van der Waals surface area (Å²) in [6, 6.07) is 18.4. The molecule has 0 aliphatic carbocycles. The summed E-state index contributed by atoms with van der Waals surface area (Å²) < 4.78 is 44.7. The second-order valence-electron chi connectivity index (χ2n) is 10.4. The summed E-state index contributed by atoms with van der Waals surface area (Å²) >= 11 is 7.60. The van der Waals surface area contributed by atoms with E-state index in [1.54, 1.807) is 11.8 Å². The molecular formula is C31H31ClF3N5O3S. The fourth-order valence-electron chi connectivity index (χ4n) is 4.81. The van der Waals surface area contributed by atoms with Crippen LogP contribution in [0.1, 0.15) is 28.9 Å². The highest BCUT2D eigenvalue weighted by Gasteiger charge is 2.30. The highest BCUT2D eigenvalue weighted by atomic mass is 35.5. The number of piperazine rings is 1. The Hall–Kier alpha value is -3.74. The first kappa shape index (κ1) is 31.7. The van der Waals surface area contributed by atoms with E-state index in [-0.39, 0.29) is 13.0 Å². The van der Waals surface area contributed by atoms with E-state index in [1.807, 2.05) is 43.3 Å². The van der Waals surface area contributed by atoms with Gasteiger partial charge in [-0.1, -0.05) is 11.6 Å². The number of aliphatic carboxylic acids is 1. The van der Waals surface area contributed by atoms with Crippen LogP contribution in [-0.4, -0.2) is 63.8 Å². The third kappa shape index (κ3) is 8.25. The Morgan fingerprint density at radius 2 is 1.66 bits per heavy atom. The number of halogens is 4. The summed E-state index contributed by atoms with van der Waals surface area (Å²) in [7, 11) is 0. The largest absolute Gasteiger partial charge is 0.493 e. The Kier molecular flexibility index (Phi) is 10.0. The van der Waals surface area contributed by atoms with Gasteiger partial charge in [-0.2, -0.15) is 28.2 Å². The molecule has 0 saturated carbocycles. The molecule has 0 amide bonds. The maximum Gasteiger partial charge on any atom is 0.416 e. The number of carboxylic acid groups (broad SMARTS) is 1. The van der Waals surface area contributed by atoms with Crippen LogP contribution in [0.5, 0.6) is 5.75 Å². The smallest absolute Gasteiger partial charge is 0.416 e. The predicted molar refractivity (Wildman–Crippen MR) is 164 cm³/mol. The minimum Gasteiger partial charge on any atom is -0.493 e. The van der Waals surface area contributed by atoms with E-state index in [9.17, 15) is 18.0 Å². The van der Waals surface area contributed by atoms with Crippen LogP contribution in [0.4, 0.5) is 18.9 Å². The molecule has 1 saturated heterocycles. The quantitative estimate of drug-likeness (QED) is 0.180. The van der Waals surface area contributed by atoms with Crippen LogP contribution in [-0.2, 0) is 23.3 Å². The third-order valence-corrected chi connectivity index (χ3v) is 8.50. The molecule has 1 aliphatic rings. The first-order valence-electron chi connectivity index (χ1n) is 14.0. The number of carboxylic acids is 1. The van der Waals surface area contributed by atoms with E-state index >= 15 is 0 Å². The summed E-state index contributed by atoms with van der Waals surface area (Å²) in [5.74, 6) is 0.238. The minimum absolute atomic E-state index is 0.0748. The van der Waals surface area contributed by atoms with E-state index in [1.165, 1.54) is 16.9 Å². The number of hydrogen-bond acceptors (Lipinski definition) is 7. The first-order valence-corrected chi connectivity index (χ1v) is 15.3. The van der Waals surface area contributed by atoms with Crippen molar-refractivity contribution in [1.82, 2.24) is 19.9 Å². The summed E-state index contributed by atoms with van der Waals surface area (Å²) in [6.07, 6.45) is -4.50. The molecule has 4 aromatic rings. The maximum absolute atomic E-state index is 12.9. The molecule has 2 heterocycles. The molecule has 0 bridgehead atoms. The topological polar surface area (TPSA) is 83.7 Å². The third-order valence-electron chi connectivity index (χ3n) is 7.24. The molecular weight excluding hydrogens is 615 g/mol. The van der Waals surface area contributed by atoms with Crippen LogP contribution >= 0.6 is 23.4 Å². The van der Waals surface area contributed by atoms with Gasteiger partial charge in [-0.05, 0) is 73.7 Å². The van der Waals surface area contributed by atoms with Gasteiger partial charge >= 0.3 is 12.1 Å². The zero-order valence-electron chi connectivity index (χ0n) is 23.9. The van der Waals surface area contributed by atoms with E-state index in [0.29, 0.717) is 34.5 Å². The predicted octanol–water partition coefficient (Wildman–Crippen LogP) is 6.72. The van der Waals surface area contributed by atoms with Crippen molar-refractivity contribution in [2.24, 2.45) is 0 Å². The lowest BCUT2D eigenvalue weighted by molar-refractivity contribution is -0.138. The van der Waals surface area contributed by atoms with E-state index in [0.717, 1.165) is 60.2 Å². The molecule has 1 N–H and O–H groups in total. The van der Waals surface area contributed by atoms with Crippen molar-refractivity contribution in [2.75, 3.05) is 37.7 Å². The fraction of sp³-hybridized carbons (Fsp3) is 0.323. The van der Waals surface area contributed by atoms with Crippen LogP contribution in [0, 0.1) is 6.92 Å². The van der Waals surface area contributed by atoms with Crippen molar-refractivity contribution in [1.29, 1.82) is 0 Å². The Balaban J connectivity index is 1.25. The zero-order chi connectivity index (χ0) is 31.3. The summed E-state index contributed by atoms with van der Waals surface area (Å²) in [4.78, 5) is 18.0. The number of anilines is 1. The number of aryl methyl sites for hydroxylation is 1. The van der Waals surface area contributed by atoms with Gasteiger partial charge in [0.1, 0.15) is 5.75 Å². The number of alkyl halides is 3. The van der Waals surface area contributed by atoms with E-state index in [2.05, 4.69) is 26.1 Å². The molecule has 0 spiro atoms. The highest BCUT2D eigenvalue weighted by molar-refractivity contribution is 7.98. The average Bonchev–Trinajstić information content (AvgIpc) is 3.37. The molecule has 0 radical (unpaired) electrons. The summed E-state index contributed by atoms with van der Waals surface area (Å²) in [6.45, 7) is 5.96. The maximum atomic E-state index is 12.9. The molecule has 0 atom stereocenters. The molecule has 5 rings (SSSR count). The average molecular weight is 646 g/mol. The van der Waals surface area contributed by atoms with Gasteiger partial charge in [0.25, 0.3) is 0 Å². The molecule has 1 fully saturated rings. The van der Waals surface area contributed by atoms with Crippen LogP contribution in [0.25, 0.3) is 5.69 Å². The Morgan fingerprint density at radius 1 is 0.977 bits per heavy atom. The minimum atomic E-state index is -4.41. The van der Waals surface area contributed by atoms with Crippen molar-refractivity contribution in [2.45, 2.75) is 36.7 Å². The van der Waals surface area contributed by atoms with E-state index in [4.69, 9.17) is 21.4 Å². The van der Waals surface area contributed by atoms with Gasteiger partial charge in [0.2, 0.25) is 0 Å². The van der Waals surface area contributed by atoms with Crippen LogP contribution < -0.4 is 9.64 Å². The number of hydrogen-bond donors (Lipinski definition) is 1. The second kappa shape index (κ2) is 13.9. The van der Waals surface area contributed by atoms with Crippen LogP contribution in [0.3, 0.4) is 0 Å². The van der Waals surface area contributed by atoms with Gasteiger partial charge < -0.3 is 14.7 Å². The number of nitrogens with zero attached hydrogens (tertiary/aromatic N) is 5. The van der Waals surface area contributed by atoms with Crippen molar-refractivity contribution in [3.8, 4) is 11.4 Å². The Bertz CT molecular complexity index is 1570.